The molecule has 1 rings (SSSR count). The van der Waals surface area contributed by atoms with Crippen LogP contribution in [-0.4, -0.2) is 54.6 Å². The summed E-state index contributed by atoms with van der Waals surface area (Å²) < 4.78 is 0. The third-order valence-corrected chi connectivity index (χ3v) is 2.89. The highest BCUT2D eigenvalue weighted by molar-refractivity contribution is 5.84. The Morgan fingerprint density at radius 3 is 2.60 bits per heavy atom. The minimum Gasteiger partial charge on any atom is -0.322 e. The monoisotopic (exact) mass is 213 g/mol. The van der Waals surface area contributed by atoms with Gasteiger partial charge in [0.1, 0.15) is 0 Å². The Morgan fingerprint density at radius 1 is 1.53 bits per heavy atom. The first kappa shape index (κ1) is 12.5. The highest BCUT2D eigenvalue weighted by atomic mass is 16.2. The zero-order valence-corrected chi connectivity index (χ0v) is 10.4. The fourth-order valence-electron chi connectivity index (χ4n) is 2.27. The topological polar surface area (TPSA) is 35.6 Å². The maximum Gasteiger partial charge on any atom is 0.241 e. The maximum absolute atomic E-state index is 11.9. The van der Waals surface area contributed by atoms with E-state index in [1.807, 2.05) is 25.9 Å². The quantitative estimate of drug-likeness (QED) is 0.738. The van der Waals surface area contributed by atoms with Gasteiger partial charge in [0.15, 0.2) is 0 Å². The van der Waals surface area contributed by atoms with Crippen LogP contribution >= 0.6 is 0 Å². The molecule has 0 aliphatic carbocycles. The van der Waals surface area contributed by atoms with E-state index in [1.54, 1.807) is 0 Å². The van der Waals surface area contributed by atoms with Gasteiger partial charge in [-0.05, 0) is 34.4 Å². The Labute approximate surface area is 92.6 Å². The molecule has 1 amide bonds. The summed E-state index contributed by atoms with van der Waals surface area (Å²) in [6, 6.07) is 0.245. The van der Waals surface area contributed by atoms with Gasteiger partial charge in [-0.15, -0.1) is 0 Å². The second-order valence-electron chi connectivity index (χ2n) is 4.67. The minimum absolute atomic E-state index is 0.0282. The molecule has 88 valence electrons. The molecule has 0 aromatic carbocycles. The summed E-state index contributed by atoms with van der Waals surface area (Å²) in [6.45, 7) is 7.07. The molecule has 1 aliphatic heterocycles. The summed E-state index contributed by atoms with van der Waals surface area (Å²) in [5.41, 5.74) is 0. The average Bonchev–Trinajstić information content (AvgIpc) is 2.41. The third-order valence-electron chi connectivity index (χ3n) is 2.89. The number of nitrogens with zero attached hydrogens (tertiary/aromatic N) is 2. The van der Waals surface area contributed by atoms with Gasteiger partial charge in [-0.25, -0.2) is 0 Å². The molecule has 15 heavy (non-hydrogen) atoms. The van der Waals surface area contributed by atoms with Crippen molar-refractivity contribution < 1.29 is 4.79 Å². The number of carbonyl (C=O) groups is 1. The summed E-state index contributed by atoms with van der Waals surface area (Å²) in [7, 11) is 4.07. The summed E-state index contributed by atoms with van der Waals surface area (Å²) >= 11 is 0. The molecule has 4 heteroatoms. The Balaban J connectivity index is 2.68. The lowest BCUT2D eigenvalue weighted by Gasteiger charge is -2.31. The van der Waals surface area contributed by atoms with Crippen molar-refractivity contribution in [2.24, 2.45) is 0 Å². The van der Waals surface area contributed by atoms with Crippen LogP contribution in [0.5, 0.6) is 0 Å². The molecular weight excluding hydrogens is 190 g/mol. The molecule has 0 radical (unpaired) electrons. The second kappa shape index (κ2) is 4.94. The minimum atomic E-state index is -0.0282. The fraction of sp³-hybridized carbons (Fsp3) is 0.909. The molecule has 0 spiro atoms. The van der Waals surface area contributed by atoms with E-state index in [4.69, 9.17) is 0 Å². The predicted molar refractivity (Wildman–Crippen MR) is 61.5 cm³/mol. The standard InChI is InChI=1S/C11H23N3O/c1-6-10-12-9(3)11(15)14(10)8(2)7-13(4)5/h8-10,12H,6-7H2,1-5H3. The molecule has 0 bridgehead atoms. The zero-order valence-electron chi connectivity index (χ0n) is 10.4. The lowest BCUT2D eigenvalue weighted by atomic mass is 10.2. The van der Waals surface area contributed by atoms with Crippen molar-refractivity contribution in [2.75, 3.05) is 20.6 Å². The van der Waals surface area contributed by atoms with Crippen molar-refractivity contribution in [3.05, 3.63) is 0 Å². The van der Waals surface area contributed by atoms with E-state index in [2.05, 4.69) is 24.1 Å². The van der Waals surface area contributed by atoms with Gasteiger partial charge in [-0.2, -0.15) is 0 Å². The molecule has 1 heterocycles. The van der Waals surface area contributed by atoms with E-state index in [-0.39, 0.29) is 24.2 Å². The summed E-state index contributed by atoms with van der Waals surface area (Å²) in [4.78, 5) is 16.1. The first-order chi connectivity index (χ1) is 6.97. The van der Waals surface area contributed by atoms with Crippen LogP contribution in [0.3, 0.4) is 0 Å². The lowest BCUT2D eigenvalue weighted by Crippen LogP contribution is -2.47. The number of rotatable bonds is 4. The normalized spacial score (nSPS) is 28.9. The molecule has 3 unspecified atom stereocenters. The SMILES string of the molecule is CCC1NC(C)C(=O)N1C(C)CN(C)C. The summed E-state index contributed by atoms with van der Waals surface area (Å²) in [5, 5.41) is 3.32. The van der Waals surface area contributed by atoms with Crippen molar-refractivity contribution in [1.29, 1.82) is 0 Å². The first-order valence-electron chi connectivity index (χ1n) is 5.70. The van der Waals surface area contributed by atoms with E-state index < -0.39 is 0 Å². The number of amides is 1. The van der Waals surface area contributed by atoms with Crippen molar-refractivity contribution >= 4 is 5.91 Å². The van der Waals surface area contributed by atoms with Gasteiger partial charge in [0, 0.05) is 12.6 Å². The molecule has 1 N–H and O–H groups in total. The van der Waals surface area contributed by atoms with Gasteiger partial charge in [-0.3, -0.25) is 10.1 Å². The van der Waals surface area contributed by atoms with Gasteiger partial charge >= 0.3 is 0 Å². The second-order valence-corrected chi connectivity index (χ2v) is 4.67. The molecule has 1 saturated heterocycles. The number of carbonyl (C=O) groups excluding carboxylic acids is 1. The fourth-order valence-corrected chi connectivity index (χ4v) is 2.27. The van der Waals surface area contributed by atoms with Crippen LogP contribution in [0.25, 0.3) is 0 Å². The Kier molecular flexibility index (Phi) is 4.11. The van der Waals surface area contributed by atoms with Crippen LogP contribution < -0.4 is 5.32 Å². The highest BCUT2D eigenvalue weighted by Gasteiger charge is 2.37. The molecule has 0 aromatic rings. The van der Waals surface area contributed by atoms with Crippen LogP contribution in [-0.2, 0) is 4.79 Å². The predicted octanol–water partition coefficient (Wildman–Crippen LogP) is 0.493. The largest absolute Gasteiger partial charge is 0.322 e. The van der Waals surface area contributed by atoms with Gasteiger partial charge in [0.2, 0.25) is 5.91 Å². The van der Waals surface area contributed by atoms with Crippen molar-refractivity contribution in [3.8, 4) is 0 Å². The molecule has 1 fully saturated rings. The third kappa shape index (κ3) is 2.69. The van der Waals surface area contributed by atoms with Crippen LogP contribution in [0.4, 0.5) is 0 Å². The zero-order chi connectivity index (χ0) is 11.6. The summed E-state index contributed by atoms with van der Waals surface area (Å²) in [5.74, 6) is 0.233. The average molecular weight is 213 g/mol. The van der Waals surface area contributed by atoms with E-state index >= 15 is 0 Å². The van der Waals surface area contributed by atoms with Gasteiger partial charge in [0.05, 0.1) is 12.2 Å². The maximum atomic E-state index is 11.9. The highest BCUT2D eigenvalue weighted by Crippen LogP contribution is 2.17. The molecule has 0 saturated carbocycles. The van der Waals surface area contributed by atoms with Gasteiger partial charge in [0.25, 0.3) is 0 Å². The van der Waals surface area contributed by atoms with Gasteiger partial charge < -0.3 is 9.80 Å². The van der Waals surface area contributed by atoms with Crippen LogP contribution in [0.15, 0.2) is 0 Å². The number of hydrogen-bond donors (Lipinski definition) is 1. The van der Waals surface area contributed by atoms with Crippen LogP contribution in [0.2, 0.25) is 0 Å². The first-order valence-corrected chi connectivity index (χ1v) is 5.70. The Bertz CT molecular complexity index is 230. The number of likely N-dealkylation sites (N-methyl/N-ethyl adjacent to an activating group) is 1. The van der Waals surface area contributed by atoms with E-state index in [0.29, 0.717) is 0 Å². The van der Waals surface area contributed by atoms with Crippen molar-refractivity contribution in [3.63, 3.8) is 0 Å². The van der Waals surface area contributed by atoms with Crippen molar-refractivity contribution in [2.45, 2.75) is 45.4 Å². The lowest BCUT2D eigenvalue weighted by molar-refractivity contribution is -0.132. The van der Waals surface area contributed by atoms with E-state index in [0.717, 1.165) is 13.0 Å². The van der Waals surface area contributed by atoms with Crippen LogP contribution in [0, 0.1) is 0 Å². The molecular formula is C11H23N3O. The summed E-state index contributed by atoms with van der Waals surface area (Å²) in [6.07, 6.45) is 1.18. The van der Waals surface area contributed by atoms with Crippen LogP contribution in [0.1, 0.15) is 27.2 Å². The van der Waals surface area contributed by atoms with E-state index in [9.17, 15) is 4.79 Å². The molecule has 3 atom stereocenters. The molecule has 0 aromatic heterocycles. The van der Waals surface area contributed by atoms with E-state index in [1.165, 1.54) is 0 Å². The Morgan fingerprint density at radius 2 is 2.13 bits per heavy atom. The smallest absolute Gasteiger partial charge is 0.241 e. The Hall–Kier alpha value is -0.610. The van der Waals surface area contributed by atoms with Crippen molar-refractivity contribution in [1.82, 2.24) is 15.1 Å². The molecule has 4 nitrogen and oxygen atoms in total. The number of nitrogens with one attached hydrogen (secondary N) is 1. The molecule has 1 aliphatic rings. The van der Waals surface area contributed by atoms with Gasteiger partial charge in [-0.1, -0.05) is 6.92 Å². The number of hydrogen-bond acceptors (Lipinski definition) is 3.